The van der Waals surface area contributed by atoms with Crippen LogP contribution in [0.3, 0.4) is 0 Å². The van der Waals surface area contributed by atoms with Gasteiger partial charge in [0.05, 0.1) is 18.5 Å². The molecule has 2 aromatic carbocycles. The maximum Gasteiger partial charge on any atom is 0.155 e. The van der Waals surface area contributed by atoms with Crippen LogP contribution in [0, 0.1) is 0 Å². The summed E-state index contributed by atoms with van der Waals surface area (Å²) in [5, 5.41) is 4.53. The molecule has 0 radical (unpaired) electrons. The van der Waals surface area contributed by atoms with Crippen molar-refractivity contribution in [2.45, 2.75) is 13.2 Å². The van der Waals surface area contributed by atoms with E-state index in [1.54, 1.807) is 19.5 Å². The van der Waals surface area contributed by atoms with E-state index in [0.717, 1.165) is 61.0 Å². The minimum absolute atomic E-state index is 0.611. The van der Waals surface area contributed by atoms with E-state index < -0.39 is 0 Å². The number of aromatic nitrogens is 4. The molecule has 0 unspecified atom stereocenters. The Bertz CT molecular complexity index is 1170. The summed E-state index contributed by atoms with van der Waals surface area (Å²) < 4.78 is 7.16. The van der Waals surface area contributed by atoms with E-state index >= 15 is 0 Å². The van der Waals surface area contributed by atoms with Crippen LogP contribution in [0.2, 0.25) is 0 Å². The van der Waals surface area contributed by atoms with Gasteiger partial charge < -0.3 is 9.64 Å². The van der Waals surface area contributed by atoms with Crippen molar-refractivity contribution in [2.24, 2.45) is 0 Å². The lowest BCUT2D eigenvalue weighted by Gasteiger charge is -2.35. The van der Waals surface area contributed by atoms with Gasteiger partial charge in [0.15, 0.2) is 5.82 Å². The number of benzene rings is 2. The Morgan fingerprint density at radius 1 is 0.848 bits per heavy atom. The summed E-state index contributed by atoms with van der Waals surface area (Å²) in [6, 6.07) is 18.6. The SMILES string of the molecule is COCc1ccc(-c2nccnc2N2CCN(Cc3cnn(-c4ccccc4)c3)CC2)cc1. The summed E-state index contributed by atoms with van der Waals surface area (Å²) in [7, 11) is 1.71. The third kappa shape index (κ3) is 4.94. The standard InChI is InChI=1S/C26H28N6O/c1-33-20-21-7-9-23(10-8-21)25-26(28-12-11-27-25)31-15-13-30(14-16-31)18-22-17-29-32(19-22)24-5-3-2-4-6-24/h2-12,17,19H,13-16,18,20H2,1H3. The van der Waals surface area contributed by atoms with E-state index in [1.165, 1.54) is 5.56 Å². The zero-order chi connectivity index (χ0) is 22.5. The van der Waals surface area contributed by atoms with Crippen LogP contribution >= 0.6 is 0 Å². The first-order valence-corrected chi connectivity index (χ1v) is 11.3. The number of rotatable bonds is 7. The quantitative estimate of drug-likeness (QED) is 0.436. The topological polar surface area (TPSA) is 59.3 Å². The van der Waals surface area contributed by atoms with Crippen molar-refractivity contribution in [2.75, 3.05) is 38.2 Å². The van der Waals surface area contributed by atoms with Crippen LogP contribution < -0.4 is 4.90 Å². The fraction of sp³-hybridized carbons (Fsp3) is 0.269. The van der Waals surface area contributed by atoms with Gasteiger partial charge in [-0.25, -0.2) is 9.67 Å². The fourth-order valence-corrected chi connectivity index (χ4v) is 4.23. The molecule has 1 fully saturated rings. The highest BCUT2D eigenvalue weighted by molar-refractivity contribution is 5.72. The number of ether oxygens (including phenoxy) is 1. The zero-order valence-electron chi connectivity index (χ0n) is 18.8. The molecule has 0 bridgehead atoms. The summed E-state index contributed by atoms with van der Waals surface area (Å²) in [5.41, 5.74) is 5.46. The first-order chi connectivity index (χ1) is 16.3. The molecular weight excluding hydrogens is 412 g/mol. The maximum atomic E-state index is 5.22. The Balaban J connectivity index is 1.23. The van der Waals surface area contributed by atoms with Gasteiger partial charge in [0.2, 0.25) is 0 Å². The van der Waals surface area contributed by atoms with Crippen molar-refractivity contribution in [1.29, 1.82) is 0 Å². The van der Waals surface area contributed by atoms with E-state index in [9.17, 15) is 0 Å². The van der Waals surface area contributed by atoms with E-state index in [4.69, 9.17) is 9.72 Å². The highest BCUT2D eigenvalue weighted by Crippen LogP contribution is 2.28. The first kappa shape index (κ1) is 21.3. The largest absolute Gasteiger partial charge is 0.380 e. The van der Waals surface area contributed by atoms with Crippen molar-refractivity contribution in [3.63, 3.8) is 0 Å². The highest BCUT2D eigenvalue weighted by Gasteiger charge is 2.22. The molecule has 0 N–H and O–H groups in total. The predicted molar refractivity (Wildman–Crippen MR) is 129 cm³/mol. The molecular formula is C26H28N6O. The molecule has 7 heteroatoms. The molecule has 0 spiro atoms. The summed E-state index contributed by atoms with van der Waals surface area (Å²) >= 11 is 0. The van der Waals surface area contributed by atoms with Gasteiger partial charge in [-0.1, -0.05) is 42.5 Å². The molecule has 1 aliphatic heterocycles. The van der Waals surface area contributed by atoms with Crippen LogP contribution in [0.4, 0.5) is 5.82 Å². The minimum Gasteiger partial charge on any atom is -0.380 e. The molecule has 33 heavy (non-hydrogen) atoms. The second kappa shape index (κ2) is 9.94. The summed E-state index contributed by atoms with van der Waals surface area (Å²) in [6.45, 7) is 5.29. The summed E-state index contributed by atoms with van der Waals surface area (Å²) in [6.07, 6.45) is 7.63. The van der Waals surface area contributed by atoms with E-state index in [2.05, 4.69) is 62.5 Å². The zero-order valence-corrected chi connectivity index (χ0v) is 18.8. The molecule has 168 valence electrons. The number of piperazine rings is 1. The Kier molecular flexibility index (Phi) is 6.41. The molecule has 4 aromatic rings. The van der Waals surface area contributed by atoms with Crippen LogP contribution in [-0.4, -0.2) is 57.9 Å². The van der Waals surface area contributed by atoms with Gasteiger partial charge in [0.1, 0.15) is 5.69 Å². The third-order valence-electron chi connectivity index (χ3n) is 5.95. The Labute approximate surface area is 194 Å². The molecule has 1 aliphatic rings. The molecule has 0 amide bonds. The number of hydrogen-bond donors (Lipinski definition) is 0. The Morgan fingerprint density at radius 3 is 2.36 bits per heavy atom. The van der Waals surface area contributed by atoms with Crippen LogP contribution in [0.25, 0.3) is 16.9 Å². The minimum atomic E-state index is 0.611. The van der Waals surface area contributed by atoms with Gasteiger partial charge in [-0.15, -0.1) is 0 Å². The smallest absolute Gasteiger partial charge is 0.155 e. The number of hydrogen-bond acceptors (Lipinski definition) is 6. The molecule has 3 heterocycles. The number of methoxy groups -OCH3 is 1. The average molecular weight is 441 g/mol. The van der Waals surface area contributed by atoms with Gasteiger partial charge >= 0.3 is 0 Å². The van der Waals surface area contributed by atoms with Crippen molar-refractivity contribution in [3.8, 4) is 16.9 Å². The average Bonchev–Trinajstić information content (AvgIpc) is 3.34. The second-order valence-corrected chi connectivity index (χ2v) is 8.25. The molecule has 7 nitrogen and oxygen atoms in total. The van der Waals surface area contributed by atoms with Crippen molar-refractivity contribution < 1.29 is 4.74 Å². The van der Waals surface area contributed by atoms with Crippen LogP contribution in [-0.2, 0) is 17.9 Å². The van der Waals surface area contributed by atoms with Gasteiger partial charge in [-0.3, -0.25) is 9.88 Å². The fourth-order valence-electron chi connectivity index (χ4n) is 4.23. The molecule has 0 atom stereocenters. The van der Waals surface area contributed by atoms with Crippen molar-refractivity contribution in [3.05, 3.63) is 90.5 Å². The Hall–Kier alpha value is -3.55. The number of para-hydroxylation sites is 1. The van der Waals surface area contributed by atoms with Crippen LogP contribution in [0.15, 0.2) is 79.4 Å². The summed E-state index contributed by atoms with van der Waals surface area (Å²) in [5.74, 6) is 0.952. The number of nitrogens with zero attached hydrogens (tertiary/aromatic N) is 6. The van der Waals surface area contributed by atoms with Gasteiger partial charge in [-0.05, 0) is 17.7 Å². The van der Waals surface area contributed by atoms with E-state index in [0.29, 0.717) is 6.61 Å². The molecule has 0 aliphatic carbocycles. The first-order valence-electron chi connectivity index (χ1n) is 11.3. The second-order valence-electron chi connectivity index (χ2n) is 8.25. The number of anilines is 1. The van der Waals surface area contributed by atoms with Crippen molar-refractivity contribution in [1.82, 2.24) is 24.6 Å². The van der Waals surface area contributed by atoms with Crippen LogP contribution in [0.1, 0.15) is 11.1 Å². The van der Waals surface area contributed by atoms with Gasteiger partial charge in [0.25, 0.3) is 0 Å². The lowest BCUT2D eigenvalue weighted by Crippen LogP contribution is -2.46. The lowest BCUT2D eigenvalue weighted by molar-refractivity contribution is 0.185. The normalized spacial score (nSPS) is 14.5. The summed E-state index contributed by atoms with van der Waals surface area (Å²) in [4.78, 5) is 14.2. The van der Waals surface area contributed by atoms with Gasteiger partial charge in [0, 0.05) is 69.6 Å². The highest BCUT2D eigenvalue weighted by atomic mass is 16.5. The van der Waals surface area contributed by atoms with E-state index in [1.807, 2.05) is 29.1 Å². The molecule has 2 aromatic heterocycles. The molecule has 0 saturated carbocycles. The van der Waals surface area contributed by atoms with E-state index in [-0.39, 0.29) is 0 Å². The monoisotopic (exact) mass is 440 g/mol. The maximum absolute atomic E-state index is 5.22. The predicted octanol–water partition coefficient (Wildman–Crippen LogP) is 3.80. The molecule has 1 saturated heterocycles. The molecule has 5 rings (SSSR count). The Morgan fingerprint density at radius 2 is 1.61 bits per heavy atom. The third-order valence-corrected chi connectivity index (χ3v) is 5.95. The lowest BCUT2D eigenvalue weighted by atomic mass is 10.1. The van der Waals surface area contributed by atoms with Gasteiger partial charge in [-0.2, -0.15) is 5.10 Å². The van der Waals surface area contributed by atoms with Crippen LogP contribution in [0.5, 0.6) is 0 Å². The van der Waals surface area contributed by atoms with Crippen molar-refractivity contribution >= 4 is 5.82 Å².